The summed E-state index contributed by atoms with van der Waals surface area (Å²) in [5.74, 6) is -0.168. The van der Waals surface area contributed by atoms with Crippen molar-refractivity contribution in [1.82, 2.24) is 10.6 Å². The lowest BCUT2D eigenvalue weighted by molar-refractivity contribution is -0.118. The molecule has 1 heterocycles. The zero-order valence-corrected chi connectivity index (χ0v) is 25.8. The Labute approximate surface area is 265 Å². The summed E-state index contributed by atoms with van der Waals surface area (Å²) >= 11 is 3.44. The van der Waals surface area contributed by atoms with Gasteiger partial charge in [-0.05, 0) is 59.9 Å². The summed E-state index contributed by atoms with van der Waals surface area (Å²) in [5, 5.41) is 18.7. The van der Waals surface area contributed by atoms with Gasteiger partial charge in [-0.3, -0.25) is 4.79 Å². The number of amides is 2. The Hall–Kier alpha value is -4.18. The largest absolute Gasteiger partial charge is 0.491 e. The van der Waals surface area contributed by atoms with E-state index >= 15 is 0 Å². The highest BCUT2D eigenvalue weighted by atomic mass is 79.9. The maximum absolute atomic E-state index is 13.9. The molecular weight excluding hydrogens is 622 g/mol. The Morgan fingerprint density at radius 1 is 0.864 bits per heavy atom. The third-order valence-corrected chi connectivity index (χ3v) is 8.13. The molecule has 4 aromatic rings. The predicted molar refractivity (Wildman–Crippen MR) is 174 cm³/mol. The number of morpholine rings is 1. The highest BCUT2D eigenvalue weighted by Crippen LogP contribution is 2.30. The molecule has 1 fully saturated rings. The van der Waals surface area contributed by atoms with Crippen LogP contribution < -0.4 is 20.7 Å². The van der Waals surface area contributed by atoms with Gasteiger partial charge in [-0.2, -0.15) is 0 Å². The fraction of sp³-hybridized carbons (Fsp3) is 0.257. The standard InChI is InChI=1S/C35H36BrN3O5/c36-27-16-19-28(20-17-27)43-23-30-22-37-21-29(44-30)18-15-24-9-7-8-14-31(24)38-34(40)33(39-35(41)42)32(25-10-3-1-4-11-25)26-12-5-2-6-13-26/h1-14,16-17,19-20,29-30,32-33,37,39H,15,18,21-23H2,(H,38,40)(H,41,42)/t29-,30+,33+/m1/s1. The first-order chi connectivity index (χ1) is 21.5. The van der Waals surface area contributed by atoms with Crippen molar-refractivity contribution in [1.29, 1.82) is 0 Å². The van der Waals surface area contributed by atoms with Crippen molar-refractivity contribution in [2.75, 3.05) is 25.0 Å². The molecule has 4 N–H and O–H groups in total. The summed E-state index contributed by atoms with van der Waals surface area (Å²) in [6.45, 7) is 1.88. The summed E-state index contributed by atoms with van der Waals surface area (Å²) < 4.78 is 13.3. The zero-order chi connectivity index (χ0) is 30.7. The number of ether oxygens (including phenoxy) is 2. The number of benzene rings is 4. The van der Waals surface area contributed by atoms with Crippen molar-refractivity contribution < 1.29 is 24.2 Å². The van der Waals surface area contributed by atoms with Gasteiger partial charge in [0.2, 0.25) is 5.91 Å². The fourth-order valence-corrected chi connectivity index (χ4v) is 5.74. The van der Waals surface area contributed by atoms with Crippen LogP contribution in [-0.4, -0.2) is 55.1 Å². The molecule has 1 aliphatic heterocycles. The molecule has 2 amide bonds. The number of hydrogen-bond acceptors (Lipinski definition) is 5. The molecular formula is C35H36BrN3O5. The molecule has 0 bridgehead atoms. The normalized spacial score (nSPS) is 17.0. The Morgan fingerprint density at radius 2 is 1.48 bits per heavy atom. The zero-order valence-electron chi connectivity index (χ0n) is 24.2. The van der Waals surface area contributed by atoms with Crippen molar-refractivity contribution in [3.05, 3.63) is 130 Å². The van der Waals surface area contributed by atoms with Gasteiger partial charge < -0.3 is 30.5 Å². The molecule has 0 spiro atoms. The summed E-state index contributed by atoms with van der Waals surface area (Å²) in [6, 6.07) is 33.2. The smallest absolute Gasteiger partial charge is 0.405 e. The SMILES string of the molecule is O=C(O)N[C@H](C(=O)Nc1ccccc1CC[C@@H]1CNC[C@@H](COc2ccc(Br)cc2)O1)C(c1ccccc1)c1ccccc1. The fourth-order valence-electron chi connectivity index (χ4n) is 5.48. The van der Waals surface area contributed by atoms with Crippen molar-refractivity contribution in [2.24, 2.45) is 0 Å². The molecule has 8 nitrogen and oxygen atoms in total. The molecule has 0 radical (unpaired) electrons. The Balaban J connectivity index is 1.26. The van der Waals surface area contributed by atoms with Gasteiger partial charge >= 0.3 is 6.09 Å². The van der Waals surface area contributed by atoms with E-state index in [4.69, 9.17) is 9.47 Å². The van der Waals surface area contributed by atoms with E-state index in [1.807, 2.05) is 109 Å². The predicted octanol–water partition coefficient (Wildman–Crippen LogP) is 6.22. The van der Waals surface area contributed by atoms with Crippen LogP contribution in [0.5, 0.6) is 5.75 Å². The molecule has 1 aliphatic rings. The second-order valence-corrected chi connectivity index (χ2v) is 11.6. The molecule has 0 aromatic heterocycles. The van der Waals surface area contributed by atoms with Crippen molar-refractivity contribution in [3.8, 4) is 5.75 Å². The van der Waals surface area contributed by atoms with Gasteiger partial charge in [-0.15, -0.1) is 0 Å². The first-order valence-electron chi connectivity index (χ1n) is 14.7. The van der Waals surface area contributed by atoms with Crippen molar-refractivity contribution in [2.45, 2.75) is 37.0 Å². The first-order valence-corrected chi connectivity index (χ1v) is 15.5. The monoisotopic (exact) mass is 657 g/mol. The number of carboxylic acid groups (broad SMARTS) is 1. The van der Waals surface area contributed by atoms with Crippen molar-refractivity contribution >= 4 is 33.6 Å². The number of halogens is 1. The van der Waals surface area contributed by atoms with Gasteiger partial charge in [0.05, 0.1) is 6.10 Å². The van der Waals surface area contributed by atoms with Gasteiger partial charge in [-0.1, -0.05) is 94.8 Å². The number of para-hydroxylation sites is 1. The van der Waals surface area contributed by atoms with Gasteiger partial charge in [0.1, 0.15) is 24.5 Å². The number of nitrogens with one attached hydrogen (secondary N) is 3. The van der Waals surface area contributed by atoms with Crippen LogP contribution in [0, 0.1) is 0 Å². The van der Waals surface area contributed by atoms with Crippen LogP contribution in [0.1, 0.15) is 29.0 Å². The average Bonchev–Trinajstić information content (AvgIpc) is 3.05. The molecule has 228 valence electrons. The van der Waals surface area contributed by atoms with E-state index in [9.17, 15) is 14.7 Å². The molecule has 44 heavy (non-hydrogen) atoms. The summed E-state index contributed by atoms with van der Waals surface area (Å²) in [5.41, 5.74) is 3.26. The quantitative estimate of drug-likeness (QED) is 0.144. The minimum Gasteiger partial charge on any atom is -0.491 e. The number of carbonyl (C=O) groups excluding carboxylic acids is 1. The molecule has 0 saturated carbocycles. The summed E-state index contributed by atoms with van der Waals surface area (Å²) in [7, 11) is 0. The van der Waals surface area contributed by atoms with Crippen LogP contribution in [0.3, 0.4) is 0 Å². The van der Waals surface area contributed by atoms with E-state index in [0.29, 0.717) is 25.3 Å². The van der Waals surface area contributed by atoms with Crippen LogP contribution in [-0.2, 0) is 16.0 Å². The van der Waals surface area contributed by atoms with Crippen LogP contribution >= 0.6 is 15.9 Å². The molecule has 0 aliphatic carbocycles. The van der Waals surface area contributed by atoms with Crippen LogP contribution in [0.15, 0.2) is 114 Å². The van der Waals surface area contributed by atoms with Crippen LogP contribution in [0.2, 0.25) is 0 Å². The number of rotatable bonds is 12. The lowest BCUT2D eigenvalue weighted by atomic mass is 9.84. The highest BCUT2D eigenvalue weighted by Gasteiger charge is 2.33. The second-order valence-electron chi connectivity index (χ2n) is 10.7. The third kappa shape index (κ3) is 8.69. The Morgan fingerprint density at radius 3 is 2.14 bits per heavy atom. The van der Waals surface area contributed by atoms with E-state index < -0.39 is 24.0 Å². The van der Waals surface area contributed by atoms with Crippen molar-refractivity contribution in [3.63, 3.8) is 0 Å². The topological polar surface area (TPSA) is 109 Å². The maximum atomic E-state index is 13.9. The molecule has 3 atom stereocenters. The Kier molecular flexibility index (Phi) is 11.0. The molecule has 9 heteroatoms. The molecule has 1 saturated heterocycles. The molecule has 5 rings (SSSR count). The van der Waals surface area contributed by atoms with E-state index in [0.717, 1.165) is 39.9 Å². The molecule has 4 aromatic carbocycles. The summed E-state index contributed by atoms with van der Waals surface area (Å²) in [4.78, 5) is 25.8. The van der Waals surface area contributed by atoms with E-state index in [1.54, 1.807) is 0 Å². The van der Waals surface area contributed by atoms with E-state index in [-0.39, 0.29) is 12.2 Å². The van der Waals surface area contributed by atoms with Gasteiger partial charge in [0.15, 0.2) is 0 Å². The van der Waals surface area contributed by atoms with Gasteiger partial charge in [-0.25, -0.2) is 4.79 Å². The number of hydrogen-bond donors (Lipinski definition) is 4. The minimum absolute atomic E-state index is 0.0204. The Bertz CT molecular complexity index is 1460. The van der Waals surface area contributed by atoms with Crippen LogP contribution in [0.4, 0.5) is 10.5 Å². The number of aryl methyl sites for hydroxylation is 1. The number of anilines is 1. The average molecular weight is 659 g/mol. The van der Waals surface area contributed by atoms with E-state index in [1.165, 1.54) is 0 Å². The second kappa shape index (κ2) is 15.5. The molecule has 0 unspecified atom stereocenters. The lowest BCUT2D eigenvalue weighted by Gasteiger charge is -2.31. The van der Waals surface area contributed by atoms with Gasteiger partial charge in [0, 0.05) is 29.2 Å². The van der Waals surface area contributed by atoms with E-state index in [2.05, 4.69) is 31.9 Å². The lowest BCUT2D eigenvalue weighted by Crippen LogP contribution is -2.47. The minimum atomic E-state index is -1.27. The highest BCUT2D eigenvalue weighted by molar-refractivity contribution is 9.10. The van der Waals surface area contributed by atoms with Gasteiger partial charge in [0.25, 0.3) is 0 Å². The summed E-state index contributed by atoms with van der Waals surface area (Å²) in [6.07, 6.45) is 0.0373. The number of carbonyl (C=O) groups is 2. The van der Waals surface area contributed by atoms with Crippen LogP contribution in [0.25, 0.3) is 0 Å². The maximum Gasteiger partial charge on any atom is 0.405 e. The first kappa shape index (κ1) is 31.3. The third-order valence-electron chi connectivity index (χ3n) is 7.60.